The maximum atomic E-state index is 12.6. The van der Waals surface area contributed by atoms with Crippen molar-refractivity contribution in [2.75, 3.05) is 19.7 Å². The predicted octanol–water partition coefficient (Wildman–Crippen LogP) is 3.16. The summed E-state index contributed by atoms with van der Waals surface area (Å²) >= 11 is 5.95. The standard InChI is InChI=1S/C19H18ClNO5S/c20-17-9-2-1-8-16(17)18(22)13-26-19(23)14-6-5-7-15(12-14)27(24,25)21-10-3-4-11-21/h1-2,5-9,12H,3-4,10-11,13H2. The Labute approximate surface area is 162 Å². The SMILES string of the molecule is O=C(OCC(=O)c1ccccc1Cl)c1cccc(S(=O)(=O)N2CCCC2)c1. The number of ether oxygens (including phenoxy) is 1. The summed E-state index contributed by atoms with van der Waals surface area (Å²) < 4.78 is 31.6. The Bertz CT molecular complexity index is 968. The number of carbonyl (C=O) groups is 2. The highest BCUT2D eigenvalue weighted by Gasteiger charge is 2.27. The predicted molar refractivity (Wildman–Crippen MR) is 100 cm³/mol. The number of hydrogen-bond acceptors (Lipinski definition) is 5. The first-order valence-corrected chi connectivity index (χ1v) is 10.3. The molecule has 2 aromatic rings. The van der Waals surface area contributed by atoms with E-state index in [1.54, 1.807) is 24.3 Å². The number of halogens is 1. The summed E-state index contributed by atoms with van der Waals surface area (Å²) in [4.78, 5) is 24.4. The number of esters is 1. The Morgan fingerprint density at radius 3 is 2.44 bits per heavy atom. The van der Waals surface area contributed by atoms with Gasteiger partial charge in [-0.05, 0) is 43.2 Å². The number of Topliss-reactive ketones (excluding diaryl/α,β-unsaturated/α-hetero) is 1. The van der Waals surface area contributed by atoms with Crippen LogP contribution >= 0.6 is 11.6 Å². The van der Waals surface area contributed by atoms with Gasteiger partial charge >= 0.3 is 5.97 Å². The zero-order chi connectivity index (χ0) is 19.4. The molecular weight excluding hydrogens is 390 g/mol. The number of nitrogens with zero attached hydrogens (tertiary/aromatic N) is 1. The van der Waals surface area contributed by atoms with Crippen LogP contribution in [0.2, 0.25) is 5.02 Å². The molecule has 3 rings (SSSR count). The van der Waals surface area contributed by atoms with Crippen LogP contribution in [0.25, 0.3) is 0 Å². The number of sulfonamides is 1. The zero-order valence-electron chi connectivity index (χ0n) is 14.4. The molecule has 0 bridgehead atoms. The van der Waals surface area contributed by atoms with E-state index in [4.69, 9.17) is 16.3 Å². The van der Waals surface area contributed by atoms with Crippen molar-refractivity contribution >= 4 is 33.4 Å². The van der Waals surface area contributed by atoms with Crippen molar-refractivity contribution in [3.8, 4) is 0 Å². The van der Waals surface area contributed by atoms with E-state index in [9.17, 15) is 18.0 Å². The molecule has 0 saturated carbocycles. The van der Waals surface area contributed by atoms with Gasteiger partial charge in [-0.25, -0.2) is 13.2 Å². The summed E-state index contributed by atoms with van der Waals surface area (Å²) in [6, 6.07) is 12.1. The number of carbonyl (C=O) groups excluding carboxylic acids is 2. The monoisotopic (exact) mass is 407 g/mol. The van der Waals surface area contributed by atoms with E-state index in [1.165, 1.54) is 28.6 Å². The van der Waals surface area contributed by atoms with Crippen LogP contribution in [0.5, 0.6) is 0 Å². The van der Waals surface area contributed by atoms with Crippen LogP contribution in [0.1, 0.15) is 33.6 Å². The minimum Gasteiger partial charge on any atom is -0.454 e. The van der Waals surface area contributed by atoms with Gasteiger partial charge in [-0.1, -0.05) is 29.8 Å². The van der Waals surface area contributed by atoms with Gasteiger partial charge in [0.2, 0.25) is 15.8 Å². The molecule has 2 aromatic carbocycles. The van der Waals surface area contributed by atoms with Crippen LogP contribution < -0.4 is 0 Å². The van der Waals surface area contributed by atoms with Crippen LogP contribution in [-0.2, 0) is 14.8 Å². The van der Waals surface area contributed by atoms with Gasteiger partial charge in [-0.2, -0.15) is 4.31 Å². The van der Waals surface area contributed by atoms with Gasteiger partial charge in [0.05, 0.1) is 15.5 Å². The largest absolute Gasteiger partial charge is 0.454 e. The van der Waals surface area contributed by atoms with Crippen molar-refractivity contribution in [3.63, 3.8) is 0 Å². The first kappa shape index (κ1) is 19.5. The van der Waals surface area contributed by atoms with Crippen molar-refractivity contribution in [2.45, 2.75) is 17.7 Å². The van der Waals surface area contributed by atoms with Crippen molar-refractivity contribution < 1.29 is 22.7 Å². The van der Waals surface area contributed by atoms with Crippen LogP contribution in [0, 0.1) is 0 Å². The summed E-state index contributed by atoms with van der Waals surface area (Å²) in [7, 11) is -3.63. The fourth-order valence-corrected chi connectivity index (χ4v) is 4.65. The van der Waals surface area contributed by atoms with Gasteiger partial charge in [0.25, 0.3) is 0 Å². The molecule has 142 valence electrons. The maximum absolute atomic E-state index is 12.6. The van der Waals surface area contributed by atoms with Gasteiger partial charge in [0.1, 0.15) is 0 Å². The van der Waals surface area contributed by atoms with Gasteiger partial charge < -0.3 is 4.74 Å². The molecule has 0 N–H and O–H groups in total. The minimum absolute atomic E-state index is 0.0382. The molecule has 6 nitrogen and oxygen atoms in total. The average Bonchev–Trinajstić information content (AvgIpc) is 3.22. The Morgan fingerprint density at radius 2 is 1.74 bits per heavy atom. The van der Waals surface area contributed by atoms with Crippen molar-refractivity contribution in [3.05, 3.63) is 64.7 Å². The van der Waals surface area contributed by atoms with E-state index in [2.05, 4.69) is 0 Å². The molecule has 1 aliphatic heterocycles. The molecule has 0 spiro atoms. The first-order chi connectivity index (χ1) is 12.9. The fourth-order valence-electron chi connectivity index (χ4n) is 2.84. The lowest BCUT2D eigenvalue weighted by Gasteiger charge is -2.15. The fraction of sp³-hybridized carbons (Fsp3) is 0.263. The summed E-state index contributed by atoms with van der Waals surface area (Å²) in [5.41, 5.74) is 0.333. The Morgan fingerprint density at radius 1 is 1.04 bits per heavy atom. The zero-order valence-corrected chi connectivity index (χ0v) is 16.0. The second kappa shape index (κ2) is 8.21. The molecule has 1 fully saturated rings. The van der Waals surface area contributed by atoms with E-state index in [-0.39, 0.29) is 21.0 Å². The molecular formula is C19H18ClNO5S. The molecule has 8 heteroatoms. The van der Waals surface area contributed by atoms with Gasteiger partial charge in [-0.15, -0.1) is 0 Å². The van der Waals surface area contributed by atoms with Gasteiger partial charge in [0, 0.05) is 18.7 Å². The molecule has 1 saturated heterocycles. The maximum Gasteiger partial charge on any atom is 0.338 e. The summed E-state index contributed by atoms with van der Waals surface area (Å²) in [5, 5.41) is 0.275. The summed E-state index contributed by atoms with van der Waals surface area (Å²) in [5.74, 6) is -1.20. The third-order valence-corrected chi connectivity index (χ3v) is 6.51. The lowest BCUT2D eigenvalue weighted by atomic mass is 10.1. The van der Waals surface area contributed by atoms with Crippen molar-refractivity contribution in [2.24, 2.45) is 0 Å². The average molecular weight is 408 g/mol. The van der Waals surface area contributed by atoms with Gasteiger partial charge in [0.15, 0.2) is 6.61 Å². The number of hydrogen-bond donors (Lipinski definition) is 0. The number of rotatable bonds is 6. The summed E-state index contributed by atoms with van der Waals surface area (Å²) in [6.45, 7) is 0.471. The number of benzene rings is 2. The quantitative estimate of drug-likeness (QED) is 0.542. The second-order valence-electron chi connectivity index (χ2n) is 6.12. The van der Waals surface area contributed by atoms with Gasteiger partial charge in [-0.3, -0.25) is 4.79 Å². The summed E-state index contributed by atoms with van der Waals surface area (Å²) in [6.07, 6.45) is 1.65. The highest BCUT2D eigenvalue weighted by Crippen LogP contribution is 2.22. The topological polar surface area (TPSA) is 80.8 Å². The minimum atomic E-state index is -3.63. The molecule has 1 heterocycles. The third-order valence-electron chi connectivity index (χ3n) is 4.28. The van der Waals surface area contributed by atoms with Crippen LogP contribution in [0.3, 0.4) is 0 Å². The van der Waals surface area contributed by atoms with E-state index < -0.39 is 28.4 Å². The Hall–Kier alpha value is -2.22. The van der Waals surface area contributed by atoms with E-state index in [1.807, 2.05) is 0 Å². The molecule has 0 aliphatic carbocycles. The molecule has 0 unspecified atom stereocenters. The van der Waals surface area contributed by atoms with Crippen LogP contribution in [0.4, 0.5) is 0 Å². The van der Waals surface area contributed by atoms with Crippen LogP contribution in [0.15, 0.2) is 53.4 Å². The van der Waals surface area contributed by atoms with E-state index in [0.29, 0.717) is 13.1 Å². The highest BCUT2D eigenvalue weighted by atomic mass is 35.5. The number of ketones is 1. The molecule has 27 heavy (non-hydrogen) atoms. The molecule has 0 radical (unpaired) electrons. The molecule has 0 atom stereocenters. The lowest BCUT2D eigenvalue weighted by Crippen LogP contribution is -2.28. The van der Waals surface area contributed by atoms with Crippen molar-refractivity contribution in [1.82, 2.24) is 4.31 Å². The third kappa shape index (κ3) is 4.37. The lowest BCUT2D eigenvalue weighted by molar-refractivity contribution is 0.0474. The second-order valence-corrected chi connectivity index (χ2v) is 8.46. The van der Waals surface area contributed by atoms with Crippen LogP contribution in [-0.4, -0.2) is 44.2 Å². The van der Waals surface area contributed by atoms with Crippen molar-refractivity contribution in [1.29, 1.82) is 0 Å². The highest BCUT2D eigenvalue weighted by molar-refractivity contribution is 7.89. The van der Waals surface area contributed by atoms with E-state index in [0.717, 1.165) is 12.8 Å². The normalized spacial score (nSPS) is 14.9. The smallest absolute Gasteiger partial charge is 0.338 e. The molecule has 1 aliphatic rings. The Balaban J connectivity index is 1.70. The van der Waals surface area contributed by atoms with E-state index >= 15 is 0 Å². The Kier molecular flexibility index (Phi) is 5.94. The first-order valence-electron chi connectivity index (χ1n) is 8.44. The molecule has 0 aromatic heterocycles. The molecule has 0 amide bonds.